The Balaban J connectivity index is 1.37. The number of hydrogen-bond acceptors (Lipinski definition) is 13. The molecular weight excluding hydrogens is 905 g/mol. The summed E-state index contributed by atoms with van der Waals surface area (Å²) in [6.07, 6.45) is -10.4. The molecule has 6 rings (SSSR count). The van der Waals surface area contributed by atoms with Crippen LogP contribution in [0.1, 0.15) is 29.2 Å². The summed E-state index contributed by atoms with van der Waals surface area (Å²) in [5, 5.41) is 14.8. The number of benzene rings is 4. The van der Waals surface area contributed by atoms with Crippen molar-refractivity contribution in [3.8, 4) is 0 Å². The highest BCUT2D eigenvalue weighted by Crippen LogP contribution is 2.35. The molecule has 2 saturated heterocycles. The Bertz CT molecular complexity index is 2020. The zero-order valence-corrected chi connectivity index (χ0v) is 38.0. The van der Waals surface area contributed by atoms with Crippen LogP contribution in [0.2, 0.25) is 0 Å². The van der Waals surface area contributed by atoms with Gasteiger partial charge in [0.2, 0.25) is 3.79 Å². The molecule has 0 unspecified atom stereocenters. The highest BCUT2D eigenvalue weighted by Gasteiger charge is 2.55. The molecule has 1 amide bonds. The van der Waals surface area contributed by atoms with Crippen LogP contribution in [0, 0.1) is 0 Å². The van der Waals surface area contributed by atoms with Crippen molar-refractivity contribution in [1.82, 2.24) is 5.32 Å². The summed E-state index contributed by atoms with van der Waals surface area (Å²) < 4.78 is 61.0. The number of alkyl halides is 3. The molecule has 0 radical (unpaired) electrons. The fraction of sp³-hybridized carbons (Fsp3) is 0.417. The first-order chi connectivity index (χ1) is 31.5. The van der Waals surface area contributed by atoms with Gasteiger partial charge in [-0.15, -0.1) is 6.58 Å². The number of halogens is 3. The van der Waals surface area contributed by atoms with Crippen molar-refractivity contribution in [2.75, 3.05) is 26.4 Å². The summed E-state index contributed by atoms with van der Waals surface area (Å²) in [5.74, 6) is -0.623. The molecule has 2 aliphatic rings. The van der Waals surface area contributed by atoms with Gasteiger partial charge in [0.05, 0.1) is 46.2 Å². The Kier molecular flexibility index (Phi) is 19.9. The summed E-state index contributed by atoms with van der Waals surface area (Å²) in [6.45, 7) is 4.79. The van der Waals surface area contributed by atoms with Gasteiger partial charge in [-0.05, 0) is 22.3 Å². The SMILES string of the molecule is C=CCO[C@H]1O[C@H](COCc2ccccc2)[C@@H](OC(C)=O)[C@H](OCc2ccccc2)[C@@H]1O[C@@H]1O[C@H](COCc2ccccc2)[C@@H](O)[C@H](OCc2ccccc2)[C@H]1NC(=O)OCC(Cl)(Cl)Cl. The van der Waals surface area contributed by atoms with Crippen molar-refractivity contribution in [3.63, 3.8) is 0 Å². The third kappa shape index (κ3) is 16.0. The molecule has 350 valence electrons. The minimum absolute atomic E-state index is 0.000209. The number of carbonyl (C=O) groups excluding carboxylic acids is 2. The van der Waals surface area contributed by atoms with E-state index in [-0.39, 0.29) is 46.2 Å². The summed E-state index contributed by atoms with van der Waals surface area (Å²) in [6, 6.07) is 36.3. The van der Waals surface area contributed by atoms with Crippen LogP contribution >= 0.6 is 34.8 Å². The lowest BCUT2D eigenvalue weighted by Gasteiger charge is -2.49. The van der Waals surface area contributed by atoms with Crippen molar-refractivity contribution < 1.29 is 62.1 Å². The summed E-state index contributed by atoms with van der Waals surface area (Å²) >= 11 is 17.8. The van der Waals surface area contributed by atoms with E-state index in [2.05, 4.69) is 11.9 Å². The number of hydrogen-bond donors (Lipinski definition) is 2. The fourth-order valence-corrected chi connectivity index (χ4v) is 7.41. The predicted octanol–water partition coefficient (Wildman–Crippen LogP) is 7.39. The molecule has 17 heteroatoms. The highest BCUT2D eigenvalue weighted by molar-refractivity contribution is 6.67. The van der Waals surface area contributed by atoms with Crippen LogP contribution in [0.4, 0.5) is 4.79 Å². The second-order valence-electron chi connectivity index (χ2n) is 15.3. The summed E-state index contributed by atoms with van der Waals surface area (Å²) in [5.41, 5.74) is 3.38. The zero-order valence-electron chi connectivity index (χ0n) is 35.7. The lowest BCUT2D eigenvalue weighted by Crippen LogP contribution is -2.68. The molecule has 65 heavy (non-hydrogen) atoms. The average molecular weight is 959 g/mol. The van der Waals surface area contributed by atoms with Crippen molar-refractivity contribution in [2.45, 2.75) is 98.5 Å². The van der Waals surface area contributed by atoms with E-state index in [1.807, 2.05) is 121 Å². The van der Waals surface area contributed by atoms with Crippen LogP contribution in [0.3, 0.4) is 0 Å². The van der Waals surface area contributed by atoms with Gasteiger partial charge < -0.3 is 57.8 Å². The normalized spacial score (nSPS) is 25.6. The van der Waals surface area contributed by atoms with Crippen molar-refractivity contribution in [2.24, 2.45) is 0 Å². The Morgan fingerprint density at radius 1 is 0.662 bits per heavy atom. The number of amides is 1. The number of rotatable bonds is 22. The zero-order chi connectivity index (χ0) is 46.0. The maximum atomic E-state index is 13.5. The minimum atomic E-state index is -1.94. The van der Waals surface area contributed by atoms with E-state index in [4.69, 9.17) is 82.2 Å². The van der Waals surface area contributed by atoms with Gasteiger partial charge >= 0.3 is 12.1 Å². The first kappa shape index (κ1) is 50.3. The van der Waals surface area contributed by atoms with Gasteiger partial charge in [-0.2, -0.15) is 0 Å². The molecule has 14 nitrogen and oxygen atoms in total. The number of alkyl carbamates (subject to hydrolysis) is 1. The Morgan fingerprint density at radius 2 is 1.14 bits per heavy atom. The summed E-state index contributed by atoms with van der Waals surface area (Å²) in [7, 11) is 0. The molecule has 0 spiro atoms. The first-order valence-corrected chi connectivity index (χ1v) is 22.2. The Morgan fingerprint density at radius 3 is 1.63 bits per heavy atom. The van der Waals surface area contributed by atoms with Crippen molar-refractivity contribution in [1.29, 1.82) is 0 Å². The number of esters is 1. The Hall–Kier alpha value is -4.13. The summed E-state index contributed by atoms with van der Waals surface area (Å²) in [4.78, 5) is 26.5. The number of nitrogens with one attached hydrogen (secondary N) is 1. The molecule has 0 aliphatic carbocycles. The van der Waals surface area contributed by atoms with Crippen LogP contribution in [0.5, 0.6) is 0 Å². The lowest BCUT2D eigenvalue weighted by molar-refractivity contribution is -0.362. The maximum absolute atomic E-state index is 13.5. The van der Waals surface area contributed by atoms with Crippen LogP contribution < -0.4 is 5.32 Å². The molecule has 4 aromatic carbocycles. The minimum Gasteiger partial charge on any atom is -0.457 e. The molecule has 2 N–H and O–H groups in total. The van der Waals surface area contributed by atoms with E-state index in [0.29, 0.717) is 0 Å². The number of ether oxygens (including phenoxy) is 10. The van der Waals surface area contributed by atoms with Crippen molar-refractivity contribution >= 4 is 46.9 Å². The van der Waals surface area contributed by atoms with Gasteiger partial charge in [-0.25, -0.2) is 4.79 Å². The molecule has 0 bridgehead atoms. The Labute approximate surface area is 393 Å². The van der Waals surface area contributed by atoms with E-state index in [1.165, 1.54) is 13.0 Å². The first-order valence-electron chi connectivity index (χ1n) is 21.1. The average Bonchev–Trinajstić information content (AvgIpc) is 3.30. The van der Waals surface area contributed by atoms with Crippen LogP contribution in [0.25, 0.3) is 0 Å². The number of carbonyl (C=O) groups is 2. The molecular formula is C48H54Cl3NO13. The smallest absolute Gasteiger partial charge is 0.407 e. The van der Waals surface area contributed by atoms with E-state index in [1.54, 1.807) is 0 Å². The van der Waals surface area contributed by atoms with Gasteiger partial charge in [0.1, 0.15) is 49.3 Å². The molecule has 0 saturated carbocycles. The lowest BCUT2D eigenvalue weighted by atomic mass is 9.95. The molecule has 2 heterocycles. The van der Waals surface area contributed by atoms with E-state index < -0.39 is 83.8 Å². The quantitative estimate of drug-likeness (QED) is 0.0457. The van der Waals surface area contributed by atoms with Crippen LogP contribution in [-0.4, -0.2) is 109 Å². The van der Waals surface area contributed by atoms with Crippen LogP contribution in [-0.2, 0) is 78.6 Å². The third-order valence-electron chi connectivity index (χ3n) is 10.2. The predicted molar refractivity (Wildman–Crippen MR) is 241 cm³/mol. The van der Waals surface area contributed by atoms with Gasteiger partial charge in [0, 0.05) is 6.92 Å². The molecule has 2 fully saturated rings. The largest absolute Gasteiger partial charge is 0.457 e. The van der Waals surface area contributed by atoms with Crippen LogP contribution in [0.15, 0.2) is 134 Å². The molecule has 10 atom stereocenters. The van der Waals surface area contributed by atoms with Gasteiger partial charge in [0.15, 0.2) is 18.7 Å². The second kappa shape index (κ2) is 25.7. The van der Waals surface area contributed by atoms with E-state index in [9.17, 15) is 14.7 Å². The molecule has 0 aromatic heterocycles. The topological polar surface area (TPSA) is 159 Å². The fourth-order valence-electron chi connectivity index (χ4n) is 7.25. The standard InChI is InChI=1S/C48H54Cl3NO13/c1-3-24-58-46-44(43(60-28-36-22-14-7-15-23-36)41(62-32(2)53)38(64-46)30-57-26-34-18-10-5-11-19-34)65-45-39(52-47(55)61-31-48(49,50)51)42(59-27-35-20-12-6-13-21-35)40(54)37(63-45)29-56-25-33-16-8-4-9-17-33/h3-23,37-46,54H,1,24-31H2,2H3,(H,52,55)/t37-,38-,39-,40-,41-,42-,43+,44+,45+,46+/m1/s1. The van der Waals surface area contributed by atoms with E-state index >= 15 is 0 Å². The number of aliphatic hydroxyl groups excluding tert-OH is 1. The van der Waals surface area contributed by atoms with E-state index in [0.717, 1.165) is 22.3 Å². The molecule has 2 aliphatic heterocycles. The highest BCUT2D eigenvalue weighted by atomic mass is 35.6. The van der Waals surface area contributed by atoms with Gasteiger partial charge in [-0.3, -0.25) is 4.79 Å². The second-order valence-corrected chi connectivity index (χ2v) is 17.8. The monoisotopic (exact) mass is 957 g/mol. The van der Waals surface area contributed by atoms with Gasteiger partial charge in [0.25, 0.3) is 0 Å². The van der Waals surface area contributed by atoms with Gasteiger partial charge in [-0.1, -0.05) is 162 Å². The maximum Gasteiger partial charge on any atom is 0.407 e. The molecule has 4 aromatic rings. The third-order valence-corrected chi connectivity index (χ3v) is 10.6. The number of aliphatic hydroxyl groups is 1. The van der Waals surface area contributed by atoms with Crippen molar-refractivity contribution in [3.05, 3.63) is 156 Å².